The van der Waals surface area contributed by atoms with Gasteiger partial charge in [-0.2, -0.15) is 13.2 Å². The summed E-state index contributed by atoms with van der Waals surface area (Å²) in [7, 11) is 0. The van der Waals surface area contributed by atoms with Gasteiger partial charge in [0.05, 0.1) is 0 Å². The fourth-order valence-corrected chi connectivity index (χ4v) is 1.61. The van der Waals surface area contributed by atoms with Gasteiger partial charge in [0.1, 0.15) is 0 Å². The van der Waals surface area contributed by atoms with E-state index < -0.39 is 12.6 Å². The Hall–Kier alpha value is -0.290. The van der Waals surface area contributed by atoms with Gasteiger partial charge < -0.3 is 11.1 Å². The predicted octanol–water partition coefficient (Wildman–Crippen LogP) is 2.43. The van der Waals surface area contributed by atoms with Crippen molar-refractivity contribution in [3.63, 3.8) is 0 Å². The summed E-state index contributed by atoms with van der Waals surface area (Å²) >= 11 is 0. The average Bonchev–Trinajstić information content (AvgIpc) is 2.00. The molecule has 0 aliphatic carbocycles. The van der Waals surface area contributed by atoms with E-state index in [0.29, 0.717) is 13.0 Å². The second kappa shape index (κ2) is 5.70. The molecule has 15 heavy (non-hydrogen) atoms. The number of alkyl halides is 3. The van der Waals surface area contributed by atoms with Crippen LogP contribution in [-0.2, 0) is 0 Å². The highest BCUT2D eigenvalue weighted by atomic mass is 19.4. The Balaban J connectivity index is 3.99. The summed E-state index contributed by atoms with van der Waals surface area (Å²) in [5.74, 6) is 0. The van der Waals surface area contributed by atoms with Gasteiger partial charge in [-0.25, -0.2) is 0 Å². The fraction of sp³-hybridized carbons (Fsp3) is 1.00. The van der Waals surface area contributed by atoms with Gasteiger partial charge in [0, 0.05) is 24.5 Å². The highest BCUT2D eigenvalue weighted by Crippen LogP contribution is 2.24. The Bertz CT molecular complexity index is 180. The first-order valence-corrected chi connectivity index (χ1v) is 5.23. The van der Waals surface area contributed by atoms with E-state index in [1.54, 1.807) is 0 Å². The smallest absolute Gasteiger partial charge is 0.329 e. The SMILES string of the molecule is CC(C)NC(C)(CN)CCCC(F)(F)F. The minimum Gasteiger partial charge on any atom is -0.329 e. The summed E-state index contributed by atoms with van der Waals surface area (Å²) in [6.07, 6.45) is -4.23. The molecule has 92 valence electrons. The van der Waals surface area contributed by atoms with Crippen molar-refractivity contribution in [2.24, 2.45) is 5.73 Å². The lowest BCUT2D eigenvalue weighted by Crippen LogP contribution is -2.51. The van der Waals surface area contributed by atoms with Gasteiger partial charge in [0.2, 0.25) is 0 Å². The second-order valence-corrected chi connectivity index (χ2v) is 4.53. The standard InChI is InChI=1S/C10H21F3N2/c1-8(2)15-9(3,7-14)5-4-6-10(11,12)13/h8,15H,4-7,14H2,1-3H3. The van der Waals surface area contributed by atoms with Crippen molar-refractivity contribution in [1.29, 1.82) is 0 Å². The quantitative estimate of drug-likeness (QED) is 0.730. The van der Waals surface area contributed by atoms with Crippen LogP contribution >= 0.6 is 0 Å². The van der Waals surface area contributed by atoms with Crippen LogP contribution in [0, 0.1) is 0 Å². The van der Waals surface area contributed by atoms with Crippen molar-refractivity contribution in [3.8, 4) is 0 Å². The molecular weight excluding hydrogens is 205 g/mol. The second-order valence-electron chi connectivity index (χ2n) is 4.53. The first kappa shape index (κ1) is 14.7. The van der Waals surface area contributed by atoms with E-state index in [0.717, 1.165) is 0 Å². The third-order valence-electron chi connectivity index (χ3n) is 2.28. The molecule has 1 unspecified atom stereocenters. The molecule has 1 atom stereocenters. The van der Waals surface area contributed by atoms with Gasteiger partial charge in [0.25, 0.3) is 0 Å². The molecule has 5 heteroatoms. The molecule has 0 saturated carbocycles. The van der Waals surface area contributed by atoms with Crippen molar-refractivity contribution in [3.05, 3.63) is 0 Å². The summed E-state index contributed by atoms with van der Waals surface area (Å²) in [6, 6.07) is 0.226. The monoisotopic (exact) mass is 226 g/mol. The Kier molecular flexibility index (Phi) is 5.59. The van der Waals surface area contributed by atoms with Crippen molar-refractivity contribution >= 4 is 0 Å². The maximum Gasteiger partial charge on any atom is 0.389 e. The summed E-state index contributed by atoms with van der Waals surface area (Å²) in [6.45, 7) is 6.13. The highest BCUT2D eigenvalue weighted by molar-refractivity contribution is 4.85. The molecule has 3 N–H and O–H groups in total. The molecule has 0 saturated heterocycles. The minimum atomic E-state index is -4.06. The molecule has 0 rings (SSSR count). The van der Waals surface area contributed by atoms with Crippen LogP contribution < -0.4 is 11.1 Å². The van der Waals surface area contributed by atoms with Crippen molar-refractivity contribution in [2.75, 3.05) is 6.54 Å². The van der Waals surface area contributed by atoms with E-state index in [-0.39, 0.29) is 18.0 Å². The molecule has 0 aromatic heterocycles. The van der Waals surface area contributed by atoms with Gasteiger partial charge in [-0.05, 0) is 19.8 Å². The summed E-state index contributed by atoms with van der Waals surface area (Å²) < 4.78 is 35.8. The Morgan fingerprint density at radius 1 is 1.20 bits per heavy atom. The zero-order valence-corrected chi connectivity index (χ0v) is 9.62. The molecule has 0 bridgehead atoms. The van der Waals surface area contributed by atoms with E-state index in [2.05, 4.69) is 5.32 Å². The third-order valence-corrected chi connectivity index (χ3v) is 2.28. The number of rotatable bonds is 6. The third kappa shape index (κ3) is 7.62. The Morgan fingerprint density at radius 2 is 1.73 bits per heavy atom. The number of hydrogen-bond acceptors (Lipinski definition) is 2. The number of halogens is 3. The van der Waals surface area contributed by atoms with Crippen LogP contribution in [0.1, 0.15) is 40.0 Å². The molecule has 0 heterocycles. The highest BCUT2D eigenvalue weighted by Gasteiger charge is 2.29. The number of hydrogen-bond donors (Lipinski definition) is 2. The van der Waals surface area contributed by atoms with Crippen LogP contribution in [0.5, 0.6) is 0 Å². The number of nitrogens with one attached hydrogen (secondary N) is 1. The summed E-state index contributed by atoms with van der Waals surface area (Å²) in [4.78, 5) is 0. The topological polar surface area (TPSA) is 38.0 Å². The lowest BCUT2D eigenvalue weighted by atomic mass is 9.94. The van der Waals surface area contributed by atoms with Crippen LogP contribution in [0.2, 0.25) is 0 Å². The van der Waals surface area contributed by atoms with Gasteiger partial charge >= 0.3 is 6.18 Å². The molecule has 0 radical (unpaired) electrons. The van der Waals surface area contributed by atoms with E-state index in [1.807, 2.05) is 20.8 Å². The normalized spacial score (nSPS) is 16.8. The number of nitrogens with two attached hydrogens (primary N) is 1. The van der Waals surface area contributed by atoms with Crippen LogP contribution in [0.4, 0.5) is 13.2 Å². The first-order chi connectivity index (χ1) is 6.68. The maximum atomic E-state index is 11.9. The molecule has 0 aromatic carbocycles. The summed E-state index contributed by atoms with van der Waals surface area (Å²) in [5, 5.41) is 3.20. The molecule has 0 aromatic rings. The first-order valence-electron chi connectivity index (χ1n) is 5.23. The minimum absolute atomic E-state index is 0.122. The van der Waals surface area contributed by atoms with Crippen LogP contribution in [0.15, 0.2) is 0 Å². The molecular formula is C10H21F3N2. The van der Waals surface area contributed by atoms with Gasteiger partial charge in [0.15, 0.2) is 0 Å². The zero-order valence-electron chi connectivity index (χ0n) is 9.62. The van der Waals surface area contributed by atoms with Crippen LogP contribution in [0.25, 0.3) is 0 Å². The van der Waals surface area contributed by atoms with E-state index >= 15 is 0 Å². The van der Waals surface area contributed by atoms with Crippen LogP contribution in [-0.4, -0.2) is 24.3 Å². The lowest BCUT2D eigenvalue weighted by Gasteiger charge is -2.32. The van der Waals surface area contributed by atoms with Gasteiger partial charge in [-0.15, -0.1) is 0 Å². The lowest BCUT2D eigenvalue weighted by molar-refractivity contribution is -0.136. The van der Waals surface area contributed by atoms with E-state index in [4.69, 9.17) is 5.73 Å². The Labute approximate surface area is 89.4 Å². The zero-order chi connectivity index (χ0) is 12.1. The van der Waals surface area contributed by atoms with Crippen molar-refractivity contribution < 1.29 is 13.2 Å². The fourth-order valence-electron chi connectivity index (χ4n) is 1.61. The average molecular weight is 226 g/mol. The Morgan fingerprint density at radius 3 is 2.07 bits per heavy atom. The van der Waals surface area contributed by atoms with Crippen LogP contribution in [0.3, 0.4) is 0 Å². The maximum absolute atomic E-state index is 11.9. The van der Waals surface area contributed by atoms with E-state index in [9.17, 15) is 13.2 Å². The molecule has 0 fully saturated rings. The summed E-state index contributed by atoms with van der Waals surface area (Å²) in [5.41, 5.74) is 5.17. The van der Waals surface area contributed by atoms with Crippen molar-refractivity contribution in [1.82, 2.24) is 5.32 Å². The molecule has 0 aliphatic rings. The van der Waals surface area contributed by atoms with Gasteiger partial charge in [-0.1, -0.05) is 13.8 Å². The van der Waals surface area contributed by atoms with Gasteiger partial charge in [-0.3, -0.25) is 0 Å². The van der Waals surface area contributed by atoms with E-state index in [1.165, 1.54) is 0 Å². The van der Waals surface area contributed by atoms with Crippen molar-refractivity contribution in [2.45, 2.75) is 57.8 Å². The molecule has 0 spiro atoms. The molecule has 2 nitrogen and oxygen atoms in total. The molecule has 0 aliphatic heterocycles. The molecule has 0 amide bonds. The largest absolute Gasteiger partial charge is 0.389 e. The predicted molar refractivity (Wildman–Crippen MR) is 55.6 cm³/mol.